The van der Waals surface area contributed by atoms with Crippen LogP contribution in [-0.2, 0) is 4.74 Å². The number of rotatable bonds is 4. The Labute approximate surface area is 64.9 Å². The molecule has 8 heavy (non-hydrogen) atoms. The first-order chi connectivity index (χ1) is 3.81. The number of hydrogen-bond donors (Lipinski definition) is 0. The average molecular weight is 220 g/mol. The van der Waals surface area contributed by atoms with E-state index in [0.29, 0.717) is 4.12 Å². The van der Waals surface area contributed by atoms with Crippen LogP contribution in [0.3, 0.4) is 0 Å². The summed E-state index contributed by atoms with van der Waals surface area (Å²) in [6.07, 6.45) is 2.47. The Hall–Kier alpha value is 0.759. The van der Waals surface area contributed by atoms with E-state index in [0.717, 1.165) is 6.61 Å². The van der Waals surface area contributed by atoms with E-state index in [1.54, 1.807) is 0 Å². The van der Waals surface area contributed by atoms with Gasteiger partial charge in [0.1, 0.15) is 0 Å². The van der Waals surface area contributed by atoms with Crippen molar-refractivity contribution in [3.05, 3.63) is 0 Å². The van der Waals surface area contributed by atoms with Gasteiger partial charge in [-0.25, -0.2) is 0 Å². The van der Waals surface area contributed by atoms with Crippen molar-refractivity contribution in [1.29, 1.82) is 0 Å². The third kappa shape index (κ3) is 4.91. The van der Waals surface area contributed by atoms with Gasteiger partial charge >= 0.3 is 64.7 Å². The molecular formula is C6H13OSn. The zero-order valence-electron chi connectivity index (χ0n) is 5.61. The zero-order valence-corrected chi connectivity index (χ0v) is 8.46. The van der Waals surface area contributed by atoms with Crippen molar-refractivity contribution in [1.82, 2.24) is 0 Å². The Morgan fingerprint density at radius 3 is 2.50 bits per heavy atom. The molecule has 0 aromatic rings. The van der Waals surface area contributed by atoms with Crippen molar-refractivity contribution in [3.63, 3.8) is 0 Å². The summed E-state index contributed by atoms with van der Waals surface area (Å²) in [5, 5.41) is 0. The van der Waals surface area contributed by atoms with E-state index in [2.05, 4.69) is 6.92 Å². The predicted octanol–water partition coefficient (Wildman–Crippen LogP) is 1.32. The van der Waals surface area contributed by atoms with Crippen molar-refractivity contribution >= 4 is 22.5 Å². The van der Waals surface area contributed by atoms with Crippen LogP contribution in [0.5, 0.6) is 0 Å². The summed E-state index contributed by atoms with van der Waals surface area (Å²) in [7, 11) is 0. The molecule has 1 nitrogen and oxygen atoms in total. The summed E-state index contributed by atoms with van der Waals surface area (Å²) in [5.74, 6) is 0. The maximum atomic E-state index is 5.32. The molecule has 0 saturated carbocycles. The molecule has 3 radical (unpaired) electrons. The molecule has 0 rings (SSSR count). The Kier molecular flexibility index (Phi) is 6.45. The topological polar surface area (TPSA) is 9.23 Å². The van der Waals surface area contributed by atoms with Crippen LogP contribution >= 0.6 is 0 Å². The zero-order chi connectivity index (χ0) is 6.41. The van der Waals surface area contributed by atoms with Gasteiger partial charge in [-0.1, -0.05) is 0 Å². The Bertz CT molecular complexity index is 41.8. The average Bonchev–Trinajstić information content (AvgIpc) is 1.68. The van der Waals surface area contributed by atoms with Gasteiger partial charge in [-0.3, -0.25) is 0 Å². The molecule has 2 heteroatoms. The molecular weight excluding hydrogens is 207 g/mol. The molecule has 1 atom stereocenters. The number of ether oxygens (including phenoxy) is 1. The summed E-state index contributed by atoms with van der Waals surface area (Å²) >= 11 is 1.51. The second-order valence-electron chi connectivity index (χ2n) is 1.73. The minimum atomic E-state index is 0.553. The van der Waals surface area contributed by atoms with E-state index in [4.69, 9.17) is 4.74 Å². The fraction of sp³-hybridized carbons (Fsp3) is 1.00. The van der Waals surface area contributed by atoms with Crippen LogP contribution in [0.25, 0.3) is 0 Å². The quantitative estimate of drug-likeness (QED) is 0.649. The third-order valence-electron chi connectivity index (χ3n) is 0.919. The summed E-state index contributed by atoms with van der Waals surface area (Å²) in [5.41, 5.74) is 0. The predicted molar refractivity (Wildman–Crippen MR) is 36.1 cm³/mol. The van der Waals surface area contributed by atoms with Gasteiger partial charge in [-0.05, 0) is 0 Å². The molecule has 0 aromatic heterocycles. The Morgan fingerprint density at radius 2 is 2.12 bits per heavy atom. The van der Waals surface area contributed by atoms with Gasteiger partial charge in [0.15, 0.2) is 0 Å². The Balaban J connectivity index is 2.92. The van der Waals surface area contributed by atoms with Gasteiger partial charge in [0.2, 0.25) is 0 Å². The molecule has 0 N–H and O–H groups in total. The first kappa shape index (κ1) is 8.76. The van der Waals surface area contributed by atoms with Crippen LogP contribution in [0, 0.1) is 0 Å². The molecule has 0 spiro atoms. The van der Waals surface area contributed by atoms with E-state index < -0.39 is 0 Å². The normalized spacial score (nSPS) is 13.9. The molecule has 0 aromatic carbocycles. The summed E-state index contributed by atoms with van der Waals surface area (Å²) in [6.45, 7) is 5.11. The van der Waals surface area contributed by atoms with Gasteiger partial charge in [-0.15, -0.1) is 0 Å². The van der Waals surface area contributed by atoms with E-state index >= 15 is 0 Å². The first-order valence-electron chi connectivity index (χ1n) is 3.14. The van der Waals surface area contributed by atoms with Gasteiger partial charge in [-0.2, -0.15) is 0 Å². The van der Waals surface area contributed by atoms with E-state index in [1.165, 1.54) is 35.4 Å². The SMILES string of the molecule is CCC[CH]([Sn])OCC. The summed E-state index contributed by atoms with van der Waals surface area (Å²) in [4.78, 5) is 0. The summed E-state index contributed by atoms with van der Waals surface area (Å²) in [6, 6.07) is 0. The van der Waals surface area contributed by atoms with Crippen molar-refractivity contribution in [3.8, 4) is 0 Å². The van der Waals surface area contributed by atoms with Crippen LogP contribution in [0.1, 0.15) is 26.7 Å². The fourth-order valence-electron chi connectivity index (χ4n) is 0.547. The second-order valence-corrected chi connectivity index (χ2v) is 3.57. The molecule has 1 unspecified atom stereocenters. The van der Waals surface area contributed by atoms with Crippen LogP contribution in [0.4, 0.5) is 0 Å². The molecule has 0 heterocycles. The van der Waals surface area contributed by atoms with Gasteiger partial charge in [0.05, 0.1) is 0 Å². The third-order valence-corrected chi connectivity index (χ3v) is 2.22. The van der Waals surface area contributed by atoms with Crippen molar-refractivity contribution in [2.24, 2.45) is 0 Å². The fourth-order valence-corrected chi connectivity index (χ4v) is 1.85. The van der Waals surface area contributed by atoms with Gasteiger partial charge in [0.25, 0.3) is 0 Å². The molecule has 0 aliphatic rings. The number of hydrogen-bond acceptors (Lipinski definition) is 1. The van der Waals surface area contributed by atoms with Gasteiger partial charge in [0, 0.05) is 0 Å². The van der Waals surface area contributed by atoms with Crippen molar-refractivity contribution < 1.29 is 4.74 Å². The standard InChI is InChI=1S/C6H13O.Sn/c1-3-5-6-7-4-2;/h6H,3-5H2,1-2H3;. The van der Waals surface area contributed by atoms with Crippen LogP contribution in [-0.4, -0.2) is 33.3 Å². The molecule has 0 bridgehead atoms. The minimum absolute atomic E-state index is 0.553. The summed E-state index contributed by atoms with van der Waals surface area (Å²) < 4.78 is 5.88. The monoisotopic (exact) mass is 221 g/mol. The van der Waals surface area contributed by atoms with E-state index in [1.807, 2.05) is 6.92 Å². The maximum absolute atomic E-state index is 5.32. The molecule has 0 amide bonds. The van der Waals surface area contributed by atoms with Crippen LogP contribution in [0.15, 0.2) is 0 Å². The van der Waals surface area contributed by atoms with Crippen molar-refractivity contribution in [2.75, 3.05) is 6.61 Å². The van der Waals surface area contributed by atoms with E-state index in [9.17, 15) is 0 Å². The molecule has 0 saturated heterocycles. The van der Waals surface area contributed by atoms with Crippen LogP contribution < -0.4 is 0 Å². The molecule has 0 fully saturated rings. The molecule has 0 aliphatic heterocycles. The van der Waals surface area contributed by atoms with Gasteiger partial charge < -0.3 is 0 Å². The first-order valence-corrected chi connectivity index (χ1v) is 4.78. The van der Waals surface area contributed by atoms with Crippen LogP contribution in [0.2, 0.25) is 0 Å². The molecule has 0 aliphatic carbocycles. The Morgan fingerprint density at radius 1 is 1.50 bits per heavy atom. The molecule has 47 valence electrons. The second kappa shape index (κ2) is 5.89. The van der Waals surface area contributed by atoms with E-state index in [-0.39, 0.29) is 0 Å². The van der Waals surface area contributed by atoms with Crippen molar-refractivity contribution in [2.45, 2.75) is 30.8 Å².